The second kappa shape index (κ2) is 9.44. The van der Waals surface area contributed by atoms with Gasteiger partial charge in [0.05, 0.1) is 13.2 Å². The van der Waals surface area contributed by atoms with E-state index in [4.69, 9.17) is 9.47 Å². The molecule has 0 spiro atoms. The third-order valence-electron chi connectivity index (χ3n) is 7.08. The topological polar surface area (TPSA) is 88.2 Å². The molecular formula is C27H29N3O5. The number of likely N-dealkylation sites (tertiary alicyclic amines) is 1. The quantitative estimate of drug-likeness (QED) is 0.620. The second-order valence-corrected chi connectivity index (χ2v) is 9.17. The summed E-state index contributed by atoms with van der Waals surface area (Å²) >= 11 is 0. The first-order valence-corrected chi connectivity index (χ1v) is 12.0. The number of hydrogen-bond donors (Lipinski definition) is 1. The molecule has 35 heavy (non-hydrogen) atoms. The van der Waals surface area contributed by atoms with Crippen LogP contribution in [0.5, 0.6) is 11.5 Å². The van der Waals surface area contributed by atoms with Gasteiger partial charge in [0, 0.05) is 36.3 Å². The first-order chi connectivity index (χ1) is 17.0. The molecule has 2 aromatic rings. The van der Waals surface area contributed by atoms with Gasteiger partial charge in [0.15, 0.2) is 0 Å². The lowest BCUT2D eigenvalue weighted by molar-refractivity contribution is -0.136. The number of imide groups is 1. The molecule has 3 heterocycles. The minimum absolute atomic E-state index is 0.183. The maximum atomic E-state index is 12.9. The number of ether oxygens (including phenoxy) is 2. The lowest BCUT2D eigenvalue weighted by Gasteiger charge is -2.29. The number of nitrogens with one attached hydrogen (secondary N) is 1. The maximum Gasteiger partial charge on any atom is 0.255 e. The molecule has 0 bridgehead atoms. The van der Waals surface area contributed by atoms with Gasteiger partial charge in [-0.3, -0.25) is 19.7 Å². The Kier molecular flexibility index (Phi) is 6.19. The predicted molar refractivity (Wildman–Crippen MR) is 130 cm³/mol. The van der Waals surface area contributed by atoms with Crippen molar-refractivity contribution in [2.24, 2.45) is 0 Å². The summed E-state index contributed by atoms with van der Waals surface area (Å²) in [5, 5.41) is 2.33. The first-order valence-electron chi connectivity index (χ1n) is 12.0. The van der Waals surface area contributed by atoms with E-state index in [2.05, 4.69) is 16.8 Å². The molecule has 1 unspecified atom stereocenters. The lowest BCUT2D eigenvalue weighted by atomic mass is 10.0. The van der Waals surface area contributed by atoms with Gasteiger partial charge < -0.3 is 19.3 Å². The average molecular weight is 476 g/mol. The van der Waals surface area contributed by atoms with E-state index in [1.807, 2.05) is 30.3 Å². The third kappa shape index (κ3) is 4.36. The van der Waals surface area contributed by atoms with Gasteiger partial charge in [-0.15, -0.1) is 0 Å². The summed E-state index contributed by atoms with van der Waals surface area (Å²) in [5.74, 6) is 0.608. The number of rotatable bonds is 7. The smallest absolute Gasteiger partial charge is 0.255 e. The summed E-state index contributed by atoms with van der Waals surface area (Å²) in [4.78, 5) is 40.5. The highest BCUT2D eigenvalue weighted by Crippen LogP contribution is 2.34. The van der Waals surface area contributed by atoms with Gasteiger partial charge in [-0.1, -0.05) is 18.7 Å². The van der Waals surface area contributed by atoms with Gasteiger partial charge in [0.1, 0.15) is 24.1 Å². The molecule has 8 heteroatoms. The van der Waals surface area contributed by atoms with Crippen molar-refractivity contribution in [1.82, 2.24) is 15.1 Å². The van der Waals surface area contributed by atoms with Crippen LogP contribution in [0.3, 0.4) is 0 Å². The Hall–Kier alpha value is -3.81. The van der Waals surface area contributed by atoms with Crippen LogP contribution in [0.1, 0.15) is 47.2 Å². The summed E-state index contributed by atoms with van der Waals surface area (Å²) in [6.07, 6.45) is 2.65. The van der Waals surface area contributed by atoms with Crippen molar-refractivity contribution in [2.75, 3.05) is 20.3 Å². The molecule has 3 amide bonds. The van der Waals surface area contributed by atoms with E-state index in [-0.39, 0.29) is 24.3 Å². The molecule has 0 aliphatic carbocycles. The highest BCUT2D eigenvalue weighted by atomic mass is 16.5. The molecule has 1 N–H and O–H groups in total. The summed E-state index contributed by atoms with van der Waals surface area (Å²) in [6, 6.07) is 12.9. The van der Waals surface area contributed by atoms with Gasteiger partial charge in [0.2, 0.25) is 11.8 Å². The molecule has 2 saturated heterocycles. The van der Waals surface area contributed by atoms with Gasteiger partial charge in [-0.2, -0.15) is 0 Å². The van der Waals surface area contributed by atoms with E-state index in [0.29, 0.717) is 30.9 Å². The van der Waals surface area contributed by atoms with Crippen molar-refractivity contribution in [1.29, 1.82) is 0 Å². The van der Waals surface area contributed by atoms with Crippen LogP contribution < -0.4 is 14.8 Å². The van der Waals surface area contributed by atoms with Crippen LogP contribution in [0.2, 0.25) is 0 Å². The third-order valence-corrected chi connectivity index (χ3v) is 7.08. The zero-order valence-electron chi connectivity index (χ0n) is 19.8. The highest BCUT2D eigenvalue weighted by Gasteiger charge is 2.39. The Morgan fingerprint density at radius 3 is 2.77 bits per heavy atom. The Morgan fingerprint density at radius 1 is 1.14 bits per heavy atom. The fourth-order valence-corrected chi connectivity index (χ4v) is 5.24. The van der Waals surface area contributed by atoms with Gasteiger partial charge in [-0.05, 0) is 55.2 Å². The summed E-state index contributed by atoms with van der Waals surface area (Å²) in [5.41, 5.74) is 3.31. The molecule has 2 atom stereocenters. The number of fused-ring (bicyclic) bond motifs is 1. The van der Waals surface area contributed by atoms with Gasteiger partial charge in [-0.25, -0.2) is 0 Å². The van der Waals surface area contributed by atoms with E-state index in [0.717, 1.165) is 42.0 Å². The van der Waals surface area contributed by atoms with Crippen LogP contribution in [-0.2, 0) is 16.1 Å². The maximum absolute atomic E-state index is 12.9. The number of carbonyl (C=O) groups is 3. The predicted octanol–water partition coefficient (Wildman–Crippen LogP) is 2.97. The number of piperidine rings is 1. The minimum Gasteiger partial charge on any atom is -0.496 e. The van der Waals surface area contributed by atoms with Crippen molar-refractivity contribution in [3.8, 4) is 11.5 Å². The van der Waals surface area contributed by atoms with E-state index in [1.165, 1.54) is 0 Å². The van der Waals surface area contributed by atoms with Crippen LogP contribution >= 0.6 is 0 Å². The summed E-state index contributed by atoms with van der Waals surface area (Å²) in [6.45, 7) is 6.07. The Morgan fingerprint density at radius 2 is 1.97 bits per heavy atom. The Balaban J connectivity index is 1.25. The molecular weight excluding hydrogens is 446 g/mol. The molecule has 0 radical (unpaired) electrons. The largest absolute Gasteiger partial charge is 0.496 e. The van der Waals surface area contributed by atoms with Crippen molar-refractivity contribution >= 4 is 23.4 Å². The number of amides is 3. The number of para-hydroxylation sites is 1. The fraction of sp³-hybridized carbons (Fsp3) is 0.370. The van der Waals surface area contributed by atoms with E-state index >= 15 is 0 Å². The standard InChI is InChI=1S/C27H29N3O5/c1-17(21-7-3-4-8-24(21)34-2)29-13-5-6-19(29)16-35-20-9-10-22-18(14-20)15-30(27(22)33)23-11-12-25(31)28-26(23)32/h3-4,7-10,14,19,23H,1,5-6,11-13,15-16H2,2H3,(H,28,31,32)/t19-,23?/m1/s1. The van der Waals surface area contributed by atoms with E-state index in [1.54, 1.807) is 24.1 Å². The number of methoxy groups -OCH3 is 1. The monoisotopic (exact) mass is 475 g/mol. The first kappa shape index (κ1) is 23.0. The molecule has 182 valence electrons. The highest BCUT2D eigenvalue weighted by molar-refractivity contribution is 6.05. The molecule has 0 saturated carbocycles. The van der Waals surface area contributed by atoms with Crippen LogP contribution in [0.25, 0.3) is 5.70 Å². The summed E-state index contributed by atoms with van der Waals surface area (Å²) < 4.78 is 11.7. The molecule has 3 aliphatic heterocycles. The van der Waals surface area contributed by atoms with E-state index < -0.39 is 11.9 Å². The number of carbonyl (C=O) groups excluding carboxylic acids is 3. The average Bonchev–Trinajstić information content (AvgIpc) is 3.46. The Labute approximate surface area is 204 Å². The van der Waals surface area contributed by atoms with Gasteiger partial charge in [0.25, 0.3) is 5.91 Å². The Bertz CT molecular complexity index is 1190. The zero-order chi connectivity index (χ0) is 24.5. The van der Waals surface area contributed by atoms with Crippen molar-refractivity contribution < 1.29 is 23.9 Å². The van der Waals surface area contributed by atoms with Crippen LogP contribution in [-0.4, -0.2) is 59.9 Å². The van der Waals surface area contributed by atoms with Crippen molar-refractivity contribution in [3.63, 3.8) is 0 Å². The zero-order valence-corrected chi connectivity index (χ0v) is 19.8. The van der Waals surface area contributed by atoms with Crippen LogP contribution in [0.4, 0.5) is 0 Å². The minimum atomic E-state index is -0.620. The van der Waals surface area contributed by atoms with Crippen LogP contribution in [0, 0.1) is 0 Å². The lowest BCUT2D eigenvalue weighted by Crippen LogP contribution is -2.52. The summed E-state index contributed by atoms with van der Waals surface area (Å²) in [7, 11) is 1.66. The molecule has 5 rings (SSSR count). The molecule has 0 aromatic heterocycles. The van der Waals surface area contributed by atoms with Crippen molar-refractivity contribution in [3.05, 3.63) is 65.7 Å². The second-order valence-electron chi connectivity index (χ2n) is 9.17. The normalized spacial score (nSPS) is 21.7. The fourth-order valence-electron chi connectivity index (χ4n) is 5.24. The van der Waals surface area contributed by atoms with E-state index in [9.17, 15) is 14.4 Å². The molecule has 2 fully saturated rings. The number of benzene rings is 2. The molecule has 2 aromatic carbocycles. The SMILES string of the molecule is C=C(c1ccccc1OC)N1CCC[C@@H]1COc1ccc2c(c1)CN(C1CCC(=O)NC1=O)C2=O. The van der Waals surface area contributed by atoms with Gasteiger partial charge >= 0.3 is 0 Å². The molecule has 3 aliphatic rings. The molecule has 8 nitrogen and oxygen atoms in total. The number of nitrogens with zero attached hydrogens (tertiary/aromatic N) is 2. The number of hydrogen-bond acceptors (Lipinski definition) is 6. The van der Waals surface area contributed by atoms with Crippen molar-refractivity contribution in [2.45, 2.75) is 44.3 Å². The van der Waals surface area contributed by atoms with Crippen LogP contribution in [0.15, 0.2) is 49.0 Å².